The number of nitrogens with zero attached hydrogens (tertiary/aromatic N) is 1. The molecular formula is C24H23NO2. The van der Waals surface area contributed by atoms with Crippen molar-refractivity contribution in [2.75, 3.05) is 0 Å². The van der Waals surface area contributed by atoms with Gasteiger partial charge in [0, 0.05) is 18.5 Å². The van der Waals surface area contributed by atoms with E-state index < -0.39 is 0 Å². The van der Waals surface area contributed by atoms with Crippen molar-refractivity contribution in [2.45, 2.75) is 20.0 Å². The van der Waals surface area contributed by atoms with Gasteiger partial charge in [-0.2, -0.15) is 0 Å². The molecule has 3 heteroatoms. The summed E-state index contributed by atoms with van der Waals surface area (Å²) in [5.41, 5.74) is 5.84. The highest BCUT2D eigenvalue weighted by atomic mass is 16.5. The van der Waals surface area contributed by atoms with E-state index in [2.05, 4.69) is 42.8 Å². The van der Waals surface area contributed by atoms with Crippen LogP contribution in [0.15, 0.2) is 72.8 Å². The maximum Gasteiger partial charge on any atom is 0.119 e. The van der Waals surface area contributed by atoms with Crippen molar-refractivity contribution in [3.05, 3.63) is 83.9 Å². The number of rotatable bonds is 5. The van der Waals surface area contributed by atoms with Gasteiger partial charge in [-0.25, -0.2) is 0 Å². The molecule has 0 atom stereocenters. The van der Waals surface area contributed by atoms with Crippen LogP contribution in [0.25, 0.3) is 22.2 Å². The average Bonchev–Trinajstić information content (AvgIpc) is 2.99. The van der Waals surface area contributed by atoms with Crippen molar-refractivity contribution in [1.29, 1.82) is 0 Å². The lowest BCUT2D eigenvalue weighted by Crippen LogP contribution is -1.96. The topological polar surface area (TPSA) is 34.4 Å². The first-order valence-corrected chi connectivity index (χ1v) is 9.25. The third kappa shape index (κ3) is 3.28. The maximum absolute atomic E-state index is 9.86. The van der Waals surface area contributed by atoms with E-state index in [1.807, 2.05) is 42.5 Å². The lowest BCUT2D eigenvalue weighted by Gasteiger charge is -2.10. The summed E-state index contributed by atoms with van der Waals surface area (Å²) < 4.78 is 8.06. The SMILES string of the molecule is CCc1c(-c2ccc(OCc3ccccc3)cc2)n(C)c2cc(O)ccc12. The lowest BCUT2D eigenvalue weighted by atomic mass is 10.0. The Morgan fingerprint density at radius 2 is 1.67 bits per heavy atom. The zero-order chi connectivity index (χ0) is 18.8. The fourth-order valence-electron chi connectivity index (χ4n) is 3.68. The molecule has 1 aromatic heterocycles. The number of phenols is 1. The molecule has 0 amide bonds. The number of phenolic OH excluding ortho intramolecular Hbond substituents is 1. The molecule has 0 saturated heterocycles. The van der Waals surface area contributed by atoms with Gasteiger partial charge in [0.2, 0.25) is 0 Å². The molecule has 0 aliphatic rings. The summed E-state index contributed by atoms with van der Waals surface area (Å²) in [5, 5.41) is 11.0. The van der Waals surface area contributed by atoms with Gasteiger partial charge < -0.3 is 14.4 Å². The van der Waals surface area contributed by atoms with Crippen LogP contribution in [0.1, 0.15) is 18.1 Å². The second kappa shape index (κ2) is 7.20. The van der Waals surface area contributed by atoms with Gasteiger partial charge in [-0.05, 0) is 59.5 Å². The first kappa shape index (κ1) is 17.2. The molecule has 3 nitrogen and oxygen atoms in total. The summed E-state index contributed by atoms with van der Waals surface area (Å²) >= 11 is 0. The van der Waals surface area contributed by atoms with E-state index >= 15 is 0 Å². The number of hydrogen-bond acceptors (Lipinski definition) is 2. The second-order valence-electron chi connectivity index (χ2n) is 6.74. The minimum absolute atomic E-state index is 0.293. The summed E-state index contributed by atoms with van der Waals surface area (Å²) in [7, 11) is 2.05. The Bertz CT molecular complexity index is 1060. The summed E-state index contributed by atoms with van der Waals surface area (Å²) in [6.45, 7) is 2.73. The molecule has 4 rings (SSSR count). The van der Waals surface area contributed by atoms with Crippen LogP contribution >= 0.6 is 0 Å². The van der Waals surface area contributed by atoms with Crippen LogP contribution in [0.2, 0.25) is 0 Å². The zero-order valence-electron chi connectivity index (χ0n) is 15.6. The molecule has 1 heterocycles. The van der Waals surface area contributed by atoms with Gasteiger partial charge in [-0.15, -0.1) is 0 Å². The number of aromatic nitrogens is 1. The number of fused-ring (bicyclic) bond motifs is 1. The van der Waals surface area contributed by atoms with Gasteiger partial charge >= 0.3 is 0 Å². The number of aryl methyl sites for hydroxylation is 2. The van der Waals surface area contributed by atoms with Crippen molar-refractivity contribution in [2.24, 2.45) is 7.05 Å². The molecule has 0 radical (unpaired) electrons. The number of benzene rings is 3. The maximum atomic E-state index is 9.86. The van der Waals surface area contributed by atoms with E-state index in [-0.39, 0.29) is 0 Å². The van der Waals surface area contributed by atoms with Crippen molar-refractivity contribution >= 4 is 10.9 Å². The van der Waals surface area contributed by atoms with Crippen LogP contribution in [0, 0.1) is 0 Å². The first-order chi connectivity index (χ1) is 13.2. The van der Waals surface area contributed by atoms with Crippen LogP contribution in [0.3, 0.4) is 0 Å². The Balaban J connectivity index is 1.65. The summed E-state index contributed by atoms with van der Waals surface area (Å²) in [4.78, 5) is 0. The Hall–Kier alpha value is -3.20. The predicted molar refractivity (Wildman–Crippen MR) is 110 cm³/mol. The molecule has 4 aromatic rings. The Kier molecular flexibility index (Phi) is 4.59. The van der Waals surface area contributed by atoms with Crippen LogP contribution < -0.4 is 4.74 Å². The van der Waals surface area contributed by atoms with E-state index in [1.54, 1.807) is 6.07 Å². The minimum Gasteiger partial charge on any atom is -0.508 e. The molecule has 3 aromatic carbocycles. The smallest absolute Gasteiger partial charge is 0.119 e. The minimum atomic E-state index is 0.293. The van der Waals surface area contributed by atoms with E-state index in [9.17, 15) is 5.11 Å². The molecule has 0 aliphatic carbocycles. The highest BCUT2D eigenvalue weighted by Gasteiger charge is 2.15. The van der Waals surface area contributed by atoms with Gasteiger partial charge in [-0.1, -0.05) is 37.3 Å². The molecule has 0 aliphatic heterocycles. The third-order valence-corrected chi connectivity index (χ3v) is 5.02. The second-order valence-corrected chi connectivity index (χ2v) is 6.74. The van der Waals surface area contributed by atoms with E-state index in [4.69, 9.17) is 4.74 Å². The molecule has 0 bridgehead atoms. The Morgan fingerprint density at radius 3 is 2.37 bits per heavy atom. The quantitative estimate of drug-likeness (QED) is 0.498. The van der Waals surface area contributed by atoms with Crippen molar-refractivity contribution < 1.29 is 9.84 Å². The lowest BCUT2D eigenvalue weighted by molar-refractivity contribution is 0.306. The van der Waals surface area contributed by atoms with Crippen molar-refractivity contribution in [1.82, 2.24) is 4.57 Å². The van der Waals surface area contributed by atoms with Crippen molar-refractivity contribution in [3.8, 4) is 22.8 Å². The fraction of sp³-hybridized carbons (Fsp3) is 0.167. The third-order valence-electron chi connectivity index (χ3n) is 5.02. The van der Waals surface area contributed by atoms with Gasteiger partial charge in [0.25, 0.3) is 0 Å². The summed E-state index contributed by atoms with van der Waals surface area (Å²) in [6, 6.07) is 24.0. The Labute approximate surface area is 159 Å². The highest BCUT2D eigenvalue weighted by Crippen LogP contribution is 2.35. The van der Waals surface area contributed by atoms with Gasteiger partial charge in [0.1, 0.15) is 18.1 Å². The molecule has 0 spiro atoms. The molecule has 27 heavy (non-hydrogen) atoms. The summed E-state index contributed by atoms with van der Waals surface area (Å²) in [6.07, 6.45) is 0.934. The number of hydrogen-bond donors (Lipinski definition) is 1. The van der Waals surface area contributed by atoms with Gasteiger partial charge in [0.15, 0.2) is 0 Å². The highest BCUT2D eigenvalue weighted by molar-refractivity contribution is 5.92. The van der Waals surface area contributed by atoms with E-state index in [1.165, 1.54) is 16.6 Å². The van der Waals surface area contributed by atoms with E-state index in [0.29, 0.717) is 12.4 Å². The molecule has 0 unspecified atom stereocenters. The van der Waals surface area contributed by atoms with Crippen LogP contribution in [0.5, 0.6) is 11.5 Å². The van der Waals surface area contributed by atoms with Crippen LogP contribution in [-0.2, 0) is 20.1 Å². The monoisotopic (exact) mass is 357 g/mol. The number of aromatic hydroxyl groups is 1. The van der Waals surface area contributed by atoms with Gasteiger partial charge in [0.05, 0.1) is 11.2 Å². The van der Waals surface area contributed by atoms with E-state index in [0.717, 1.165) is 28.8 Å². The number of ether oxygens (including phenoxy) is 1. The standard InChI is InChI=1S/C24H23NO2/c1-3-21-22-14-11-19(26)15-23(22)25(2)24(21)18-9-12-20(13-10-18)27-16-17-7-5-4-6-8-17/h4-15,26H,3,16H2,1-2H3. The van der Waals surface area contributed by atoms with Crippen molar-refractivity contribution in [3.63, 3.8) is 0 Å². The molecule has 0 saturated carbocycles. The van der Waals surface area contributed by atoms with Crippen LogP contribution in [0.4, 0.5) is 0 Å². The van der Waals surface area contributed by atoms with Gasteiger partial charge in [-0.3, -0.25) is 0 Å². The first-order valence-electron chi connectivity index (χ1n) is 9.25. The molecule has 136 valence electrons. The normalized spacial score (nSPS) is 11.0. The zero-order valence-corrected chi connectivity index (χ0v) is 15.6. The largest absolute Gasteiger partial charge is 0.508 e. The molecule has 0 fully saturated rings. The fourth-order valence-corrected chi connectivity index (χ4v) is 3.68. The Morgan fingerprint density at radius 1 is 0.926 bits per heavy atom. The molecular weight excluding hydrogens is 334 g/mol. The predicted octanol–water partition coefficient (Wildman–Crippen LogP) is 5.69. The van der Waals surface area contributed by atoms with Crippen LogP contribution in [-0.4, -0.2) is 9.67 Å². The average molecular weight is 357 g/mol. The summed E-state index contributed by atoms with van der Waals surface area (Å²) in [5.74, 6) is 1.15. The molecule has 1 N–H and O–H groups in total.